The van der Waals surface area contributed by atoms with Crippen LogP contribution >= 0.6 is 57.6 Å². The Balaban J connectivity index is 1.46. The molecule has 1 saturated heterocycles. The molecular weight excluding hydrogens is 580 g/mol. The van der Waals surface area contributed by atoms with Gasteiger partial charge < -0.3 is 4.74 Å². The predicted octanol–water partition coefficient (Wildman–Crippen LogP) is 7.41. The molecule has 162 valence electrons. The first-order chi connectivity index (χ1) is 15.4. The summed E-state index contributed by atoms with van der Waals surface area (Å²) in [6, 6.07) is 20.3. The number of nitrogens with zero attached hydrogens (tertiary/aromatic N) is 1. The Morgan fingerprint density at radius 3 is 2.53 bits per heavy atom. The maximum atomic E-state index is 12.8. The molecular formula is C24H16Cl2INO3S. The van der Waals surface area contributed by atoms with E-state index < -0.39 is 0 Å². The summed E-state index contributed by atoms with van der Waals surface area (Å²) < 4.78 is 6.95. The third kappa shape index (κ3) is 5.67. The molecule has 0 spiro atoms. The molecule has 3 aromatic carbocycles. The lowest BCUT2D eigenvalue weighted by molar-refractivity contribution is -0.123. The molecule has 0 unspecified atom stereocenters. The average molecular weight is 596 g/mol. The van der Waals surface area contributed by atoms with E-state index in [1.54, 1.807) is 18.2 Å². The molecule has 4 rings (SSSR count). The van der Waals surface area contributed by atoms with E-state index in [1.807, 2.05) is 54.6 Å². The standard InChI is InChI=1S/C24H16Cl2INO3S/c25-18-7-6-17(21(26)12-18)14-31-20-3-1-2-16(10-20)11-22-23(29)28(24(30)32-22)13-15-4-8-19(27)9-5-15/h1-12H,13-14H2/b22-11-. The van der Waals surface area contributed by atoms with Gasteiger partial charge in [-0.25, -0.2) is 0 Å². The average Bonchev–Trinajstić information content (AvgIpc) is 3.02. The van der Waals surface area contributed by atoms with E-state index in [-0.39, 0.29) is 24.3 Å². The van der Waals surface area contributed by atoms with Crippen molar-refractivity contribution in [3.63, 3.8) is 0 Å². The SMILES string of the molecule is O=C1S/C(=C\c2cccc(OCc3ccc(Cl)cc3Cl)c2)C(=O)N1Cc1ccc(I)cc1. The summed E-state index contributed by atoms with van der Waals surface area (Å²) in [6.07, 6.45) is 1.71. The number of rotatable bonds is 6. The molecule has 32 heavy (non-hydrogen) atoms. The zero-order chi connectivity index (χ0) is 22.7. The minimum atomic E-state index is -0.294. The Morgan fingerprint density at radius 2 is 1.78 bits per heavy atom. The van der Waals surface area contributed by atoms with Gasteiger partial charge in [-0.1, -0.05) is 53.5 Å². The first-order valence-corrected chi connectivity index (χ1v) is 12.2. The van der Waals surface area contributed by atoms with E-state index in [4.69, 9.17) is 27.9 Å². The van der Waals surface area contributed by atoms with Crippen LogP contribution < -0.4 is 4.74 Å². The molecule has 0 atom stereocenters. The number of carbonyl (C=O) groups excluding carboxylic acids is 2. The minimum absolute atomic E-state index is 0.254. The van der Waals surface area contributed by atoms with Crippen molar-refractivity contribution < 1.29 is 14.3 Å². The topological polar surface area (TPSA) is 46.6 Å². The van der Waals surface area contributed by atoms with Crippen LogP contribution in [-0.2, 0) is 17.9 Å². The molecule has 8 heteroatoms. The van der Waals surface area contributed by atoms with Crippen LogP contribution in [0.25, 0.3) is 6.08 Å². The minimum Gasteiger partial charge on any atom is -0.489 e. The molecule has 0 saturated carbocycles. The Labute approximate surface area is 213 Å². The van der Waals surface area contributed by atoms with Gasteiger partial charge >= 0.3 is 0 Å². The quantitative estimate of drug-likeness (QED) is 0.220. The van der Waals surface area contributed by atoms with Gasteiger partial charge in [0.1, 0.15) is 12.4 Å². The van der Waals surface area contributed by atoms with Crippen LogP contribution in [0.3, 0.4) is 0 Å². The van der Waals surface area contributed by atoms with Gasteiger partial charge in [0, 0.05) is 19.2 Å². The lowest BCUT2D eigenvalue weighted by Crippen LogP contribution is -2.27. The number of thioether (sulfide) groups is 1. The van der Waals surface area contributed by atoms with Crippen molar-refractivity contribution in [1.29, 1.82) is 0 Å². The molecule has 0 aromatic heterocycles. The zero-order valence-corrected chi connectivity index (χ0v) is 21.0. The molecule has 0 N–H and O–H groups in total. The number of hydrogen-bond acceptors (Lipinski definition) is 4. The maximum Gasteiger partial charge on any atom is 0.293 e. The number of benzene rings is 3. The predicted molar refractivity (Wildman–Crippen MR) is 138 cm³/mol. The van der Waals surface area contributed by atoms with Gasteiger partial charge in [0.15, 0.2) is 0 Å². The number of halogens is 3. The van der Waals surface area contributed by atoms with Crippen LogP contribution in [0.2, 0.25) is 10.0 Å². The lowest BCUT2D eigenvalue weighted by Gasteiger charge is -2.12. The summed E-state index contributed by atoms with van der Waals surface area (Å²) >= 11 is 15.3. The molecule has 0 radical (unpaired) electrons. The van der Waals surface area contributed by atoms with Gasteiger partial charge in [0.25, 0.3) is 11.1 Å². The van der Waals surface area contributed by atoms with Crippen molar-refractivity contribution in [2.45, 2.75) is 13.2 Å². The monoisotopic (exact) mass is 595 g/mol. The summed E-state index contributed by atoms with van der Waals surface area (Å²) in [7, 11) is 0. The third-order valence-corrected chi connectivity index (χ3v) is 6.91. The summed E-state index contributed by atoms with van der Waals surface area (Å²) in [6.45, 7) is 0.538. The van der Waals surface area contributed by atoms with Gasteiger partial charge in [-0.15, -0.1) is 0 Å². The second kappa shape index (κ2) is 10.3. The summed E-state index contributed by atoms with van der Waals surface area (Å²) in [5.41, 5.74) is 2.49. The normalized spacial score (nSPS) is 15.0. The fourth-order valence-corrected chi connectivity index (χ4v) is 4.71. The highest BCUT2D eigenvalue weighted by Crippen LogP contribution is 2.34. The first kappa shape index (κ1) is 23.2. The first-order valence-electron chi connectivity index (χ1n) is 9.55. The highest BCUT2D eigenvalue weighted by molar-refractivity contribution is 14.1. The van der Waals surface area contributed by atoms with Crippen LogP contribution in [0.1, 0.15) is 16.7 Å². The fourth-order valence-electron chi connectivity index (χ4n) is 3.05. The van der Waals surface area contributed by atoms with Gasteiger partial charge in [-0.3, -0.25) is 14.5 Å². The number of ether oxygens (including phenoxy) is 1. The molecule has 4 nitrogen and oxygen atoms in total. The van der Waals surface area contributed by atoms with Gasteiger partial charge in [0.05, 0.1) is 11.4 Å². The molecule has 1 aliphatic rings. The van der Waals surface area contributed by atoms with E-state index in [9.17, 15) is 9.59 Å². The Bertz CT molecular complexity index is 1210. The third-order valence-electron chi connectivity index (χ3n) is 4.69. The van der Waals surface area contributed by atoms with Crippen LogP contribution in [0.15, 0.2) is 71.6 Å². The maximum absolute atomic E-state index is 12.8. The number of imide groups is 1. The molecule has 1 aliphatic heterocycles. The number of hydrogen-bond donors (Lipinski definition) is 0. The van der Waals surface area contributed by atoms with Crippen molar-refractivity contribution in [2.24, 2.45) is 0 Å². The van der Waals surface area contributed by atoms with E-state index >= 15 is 0 Å². The second-order valence-corrected chi connectivity index (χ2v) is 10.1. The van der Waals surface area contributed by atoms with Crippen molar-refractivity contribution in [3.8, 4) is 5.75 Å². The van der Waals surface area contributed by atoms with E-state index in [2.05, 4.69) is 22.6 Å². The molecule has 1 fully saturated rings. The van der Waals surface area contributed by atoms with Crippen LogP contribution in [0, 0.1) is 3.57 Å². The highest BCUT2D eigenvalue weighted by Gasteiger charge is 2.34. The number of carbonyl (C=O) groups is 2. The van der Waals surface area contributed by atoms with Crippen LogP contribution in [0.4, 0.5) is 4.79 Å². The molecule has 2 amide bonds. The van der Waals surface area contributed by atoms with Gasteiger partial charge in [-0.05, 0) is 88.0 Å². The Hall–Kier alpha value is -2.00. The molecule has 3 aromatic rings. The molecule has 1 heterocycles. The van der Waals surface area contributed by atoms with E-state index in [1.165, 1.54) is 4.90 Å². The van der Waals surface area contributed by atoms with Crippen molar-refractivity contribution in [2.75, 3.05) is 0 Å². The van der Waals surface area contributed by atoms with Crippen LogP contribution in [0.5, 0.6) is 5.75 Å². The van der Waals surface area contributed by atoms with Crippen molar-refractivity contribution in [1.82, 2.24) is 4.90 Å². The Kier molecular flexibility index (Phi) is 7.45. The van der Waals surface area contributed by atoms with Crippen molar-refractivity contribution >= 4 is 74.8 Å². The Morgan fingerprint density at radius 1 is 1.00 bits per heavy atom. The van der Waals surface area contributed by atoms with Crippen LogP contribution in [-0.4, -0.2) is 16.0 Å². The molecule has 0 bridgehead atoms. The smallest absolute Gasteiger partial charge is 0.293 e. The zero-order valence-electron chi connectivity index (χ0n) is 16.6. The largest absolute Gasteiger partial charge is 0.489 e. The lowest BCUT2D eigenvalue weighted by atomic mass is 10.2. The summed E-state index contributed by atoms with van der Waals surface area (Å²) in [4.78, 5) is 26.9. The second-order valence-electron chi connectivity index (χ2n) is 6.99. The molecule has 0 aliphatic carbocycles. The highest BCUT2D eigenvalue weighted by atomic mass is 127. The van der Waals surface area contributed by atoms with E-state index in [0.29, 0.717) is 20.7 Å². The van der Waals surface area contributed by atoms with Gasteiger partial charge in [0.2, 0.25) is 0 Å². The fraction of sp³-hybridized carbons (Fsp3) is 0.0833. The summed E-state index contributed by atoms with van der Waals surface area (Å²) in [5, 5.41) is 0.830. The van der Waals surface area contributed by atoms with E-state index in [0.717, 1.165) is 32.0 Å². The van der Waals surface area contributed by atoms with Gasteiger partial charge in [-0.2, -0.15) is 0 Å². The summed E-state index contributed by atoms with van der Waals surface area (Å²) in [5.74, 6) is 0.334. The number of amides is 2. The van der Waals surface area contributed by atoms with Crippen molar-refractivity contribution in [3.05, 3.63) is 102 Å².